The molecule has 35 heavy (non-hydrogen) atoms. The van der Waals surface area contributed by atoms with Gasteiger partial charge in [0.25, 0.3) is 5.91 Å². The van der Waals surface area contributed by atoms with Gasteiger partial charge in [-0.25, -0.2) is 9.18 Å². The minimum absolute atomic E-state index is 0.0114. The van der Waals surface area contributed by atoms with E-state index in [0.29, 0.717) is 12.8 Å². The van der Waals surface area contributed by atoms with Crippen LogP contribution in [0.2, 0.25) is 0 Å². The summed E-state index contributed by atoms with van der Waals surface area (Å²) in [6.45, 7) is 0.0792. The summed E-state index contributed by atoms with van der Waals surface area (Å²) >= 11 is 0. The van der Waals surface area contributed by atoms with Crippen molar-refractivity contribution in [2.45, 2.75) is 18.8 Å². The molecule has 7 nitrogen and oxygen atoms in total. The highest BCUT2D eigenvalue weighted by Crippen LogP contribution is 2.45. The lowest BCUT2D eigenvalue weighted by Gasteiger charge is -2.15. The van der Waals surface area contributed by atoms with Gasteiger partial charge in [-0.2, -0.15) is 0 Å². The van der Waals surface area contributed by atoms with Gasteiger partial charge in [-0.3, -0.25) is 14.9 Å². The summed E-state index contributed by atoms with van der Waals surface area (Å²) in [6.07, 6.45) is 0.194. The van der Waals surface area contributed by atoms with E-state index in [2.05, 4.69) is 10.6 Å². The molecule has 3 aromatic carbocycles. The number of nitrogens with one attached hydrogen (secondary N) is 2. The smallest absolute Gasteiger partial charge is 0.411 e. The molecule has 8 heteroatoms. The zero-order chi connectivity index (χ0) is 24.6. The molecule has 0 saturated heterocycles. The van der Waals surface area contributed by atoms with E-state index in [0.717, 1.165) is 28.3 Å². The predicted molar refractivity (Wildman–Crippen MR) is 127 cm³/mol. The summed E-state index contributed by atoms with van der Waals surface area (Å²) in [5, 5.41) is 14.1. The molecule has 2 aliphatic carbocycles. The largest absolute Gasteiger partial charge is 0.481 e. The van der Waals surface area contributed by atoms with Gasteiger partial charge in [0, 0.05) is 18.0 Å². The van der Waals surface area contributed by atoms with Gasteiger partial charge in [0.05, 0.1) is 11.1 Å². The minimum Gasteiger partial charge on any atom is -0.481 e. The number of benzene rings is 3. The van der Waals surface area contributed by atoms with Gasteiger partial charge >= 0.3 is 12.1 Å². The first-order chi connectivity index (χ1) is 16.9. The molecule has 1 saturated carbocycles. The highest BCUT2D eigenvalue weighted by molar-refractivity contribution is 5.95. The summed E-state index contributed by atoms with van der Waals surface area (Å²) in [5.41, 5.74) is 3.34. The molecule has 2 aliphatic rings. The van der Waals surface area contributed by atoms with E-state index < -0.39 is 29.2 Å². The Bertz CT molecular complexity index is 1290. The van der Waals surface area contributed by atoms with Crippen molar-refractivity contribution in [3.05, 3.63) is 89.2 Å². The number of rotatable bonds is 7. The minimum atomic E-state index is -0.952. The van der Waals surface area contributed by atoms with Crippen molar-refractivity contribution in [2.24, 2.45) is 5.41 Å². The van der Waals surface area contributed by atoms with Crippen LogP contribution in [0.15, 0.2) is 66.7 Å². The molecule has 3 N–H and O–H groups in total. The number of hydrogen-bond donors (Lipinski definition) is 3. The van der Waals surface area contributed by atoms with Crippen molar-refractivity contribution in [3.8, 4) is 11.1 Å². The maximum absolute atomic E-state index is 14.6. The Kier molecular flexibility index (Phi) is 5.72. The fourth-order valence-electron chi connectivity index (χ4n) is 4.47. The fraction of sp³-hybridized carbons (Fsp3) is 0.222. The third kappa shape index (κ3) is 4.35. The number of anilines is 1. The second-order valence-electron chi connectivity index (χ2n) is 8.91. The quantitative estimate of drug-likeness (QED) is 0.457. The molecule has 3 aromatic rings. The van der Waals surface area contributed by atoms with E-state index in [-0.39, 0.29) is 30.3 Å². The molecule has 0 bridgehead atoms. The standard InChI is InChI=1S/C27H23FN2O5/c28-22-13-16(24(31)29-15-27(11-12-27)25(32)33)9-10-23(22)30-26(34)35-14-21-19-7-3-1-5-17(19)18-6-2-4-8-20(18)21/h1-10,13,21H,11-12,14-15H2,(H,29,31)(H,30,34)(H,32,33). The van der Waals surface area contributed by atoms with E-state index in [9.17, 15) is 23.9 Å². The number of carbonyl (C=O) groups is 3. The Morgan fingerprint density at radius 2 is 1.60 bits per heavy atom. The fourth-order valence-corrected chi connectivity index (χ4v) is 4.47. The Balaban J connectivity index is 1.20. The molecular weight excluding hydrogens is 451 g/mol. The van der Waals surface area contributed by atoms with Crippen molar-refractivity contribution >= 4 is 23.7 Å². The molecule has 0 heterocycles. The van der Waals surface area contributed by atoms with Gasteiger partial charge in [0.1, 0.15) is 12.4 Å². The first-order valence-corrected chi connectivity index (χ1v) is 11.3. The van der Waals surface area contributed by atoms with Crippen LogP contribution in [0.4, 0.5) is 14.9 Å². The molecule has 0 aromatic heterocycles. The lowest BCUT2D eigenvalue weighted by Crippen LogP contribution is -2.34. The van der Waals surface area contributed by atoms with Crippen LogP contribution in [0.1, 0.15) is 40.2 Å². The average molecular weight is 474 g/mol. The van der Waals surface area contributed by atoms with Crippen LogP contribution in [-0.4, -0.2) is 36.2 Å². The molecule has 0 radical (unpaired) electrons. The first kappa shape index (κ1) is 22.6. The van der Waals surface area contributed by atoms with Crippen molar-refractivity contribution < 1.29 is 28.6 Å². The summed E-state index contributed by atoms with van der Waals surface area (Å²) in [4.78, 5) is 35.9. The van der Waals surface area contributed by atoms with Crippen LogP contribution in [0.5, 0.6) is 0 Å². The van der Waals surface area contributed by atoms with Crippen molar-refractivity contribution in [1.29, 1.82) is 0 Å². The molecule has 5 rings (SSSR count). The maximum Gasteiger partial charge on any atom is 0.411 e. The number of halogens is 1. The number of aliphatic carboxylic acids is 1. The molecular formula is C27H23FN2O5. The summed E-state index contributed by atoms with van der Waals surface area (Å²) in [7, 11) is 0. The van der Waals surface area contributed by atoms with Crippen LogP contribution in [0, 0.1) is 11.2 Å². The summed E-state index contributed by atoms with van der Waals surface area (Å²) in [5.74, 6) is -2.45. The highest BCUT2D eigenvalue weighted by atomic mass is 19.1. The Labute approximate surface area is 200 Å². The second-order valence-corrected chi connectivity index (χ2v) is 8.91. The Morgan fingerprint density at radius 1 is 0.971 bits per heavy atom. The molecule has 1 fully saturated rings. The van der Waals surface area contributed by atoms with Gasteiger partial charge in [-0.1, -0.05) is 48.5 Å². The Morgan fingerprint density at radius 3 is 2.17 bits per heavy atom. The number of carboxylic acid groups (broad SMARTS) is 1. The van der Waals surface area contributed by atoms with E-state index in [1.54, 1.807) is 0 Å². The number of fused-ring (bicyclic) bond motifs is 3. The molecule has 0 spiro atoms. The summed E-state index contributed by atoms with van der Waals surface area (Å²) in [6, 6.07) is 19.5. The normalized spacial score (nSPS) is 15.0. The molecule has 0 aliphatic heterocycles. The zero-order valence-corrected chi connectivity index (χ0v) is 18.7. The van der Waals surface area contributed by atoms with Crippen LogP contribution in [-0.2, 0) is 9.53 Å². The van der Waals surface area contributed by atoms with Crippen molar-refractivity contribution in [3.63, 3.8) is 0 Å². The zero-order valence-electron chi connectivity index (χ0n) is 18.7. The van der Waals surface area contributed by atoms with E-state index in [1.165, 1.54) is 12.1 Å². The molecule has 0 atom stereocenters. The number of ether oxygens (including phenoxy) is 1. The van der Waals surface area contributed by atoms with E-state index in [1.807, 2.05) is 48.5 Å². The molecule has 178 valence electrons. The van der Waals surface area contributed by atoms with Crippen molar-refractivity contribution in [1.82, 2.24) is 5.32 Å². The lowest BCUT2D eigenvalue weighted by molar-refractivity contribution is -0.143. The number of carbonyl (C=O) groups excluding carboxylic acids is 2. The number of amides is 2. The van der Waals surface area contributed by atoms with Gasteiger partial charge < -0.3 is 15.2 Å². The van der Waals surface area contributed by atoms with Gasteiger partial charge in [-0.05, 0) is 53.3 Å². The van der Waals surface area contributed by atoms with Gasteiger partial charge in [0.15, 0.2) is 0 Å². The number of hydrogen-bond acceptors (Lipinski definition) is 4. The van der Waals surface area contributed by atoms with Gasteiger partial charge in [0.2, 0.25) is 0 Å². The van der Waals surface area contributed by atoms with E-state index in [4.69, 9.17) is 4.74 Å². The van der Waals surface area contributed by atoms with Gasteiger partial charge in [-0.15, -0.1) is 0 Å². The third-order valence-electron chi connectivity index (χ3n) is 6.71. The highest BCUT2D eigenvalue weighted by Gasteiger charge is 2.50. The molecule has 2 amide bonds. The monoisotopic (exact) mass is 474 g/mol. The maximum atomic E-state index is 14.6. The second kappa shape index (κ2) is 8.87. The Hall–Kier alpha value is -4.20. The van der Waals surface area contributed by atoms with Crippen LogP contribution >= 0.6 is 0 Å². The third-order valence-corrected chi connectivity index (χ3v) is 6.71. The predicted octanol–water partition coefficient (Wildman–Crippen LogP) is 4.78. The van der Waals surface area contributed by atoms with Crippen LogP contribution < -0.4 is 10.6 Å². The lowest BCUT2D eigenvalue weighted by atomic mass is 9.98. The topological polar surface area (TPSA) is 105 Å². The summed E-state index contributed by atoms with van der Waals surface area (Å²) < 4.78 is 20.0. The van der Waals surface area contributed by atoms with Crippen LogP contribution in [0.25, 0.3) is 11.1 Å². The first-order valence-electron chi connectivity index (χ1n) is 11.3. The number of carboxylic acids is 1. The molecule has 0 unspecified atom stereocenters. The van der Waals surface area contributed by atoms with Crippen molar-refractivity contribution in [2.75, 3.05) is 18.5 Å². The SMILES string of the molecule is O=C(Nc1ccc(C(=O)NCC2(C(=O)O)CC2)cc1F)OCC1c2ccccc2-c2ccccc21. The van der Waals surface area contributed by atoms with Crippen LogP contribution in [0.3, 0.4) is 0 Å². The average Bonchev–Trinajstić information content (AvgIpc) is 3.59. The van der Waals surface area contributed by atoms with E-state index >= 15 is 0 Å².